The van der Waals surface area contributed by atoms with Crippen LogP contribution in [0.25, 0.3) is 0 Å². The molecule has 20 heavy (non-hydrogen) atoms. The molecule has 0 aliphatic carbocycles. The molecule has 1 aromatic heterocycles. The molecule has 0 fully saturated rings. The standard InChI is InChI=1S/C10H17N5O2S3/c1-3-19-10-15-14-9(20-10)13-7(16)6(4-5-18-2)12-8(11)17/h6H,3-5H2,1-2H3,(H3,11,12,17)(H,13,14,16)/t6-/m0/s1. The number of thioether (sulfide) groups is 2. The molecule has 0 radical (unpaired) electrons. The first-order valence-electron chi connectivity index (χ1n) is 5.88. The van der Waals surface area contributed by atoms with Gasteiger partial charge in [-0.15, -0.1) is 10.2 Å². The zero-order valence-corrected chi connectivity index (χ0v) is 13.7. The fraction of sp³-hybridized carbons (Fsp3) is 0.600. The summed E-state index contributed by atoms with van der Waals surface area (Å²) in [7, 11) is 0. The maximum Gasteiger partial charge on any atom is 0.312 e. The molecule has 1 heterocycles. The molecular weight excluding hydrogens is 318 g/mol. The number of urea groups is 1. The summed E-state index contributed by atoms with van der Waals surface area (Å²) < 4.78 is 0.798. The Kier molecular flexibility index (Phi) is 7.70. The lowest BCUT2D eigenvalue weighted by Crippen LogP contribution is -2.46. The highest BCUT2D eigenvalue weighted by atomic mass is 32.2. The van der Waals surface area contributed by atoms with Crippen LogP contribution in [0.15, 0.2) is 4.34 Å². The van der Waals surface area contributed by atoms with E-state index in [1.807, 2.05) is 13.2 Å². The Labute approximate surface area is 129 Å². The summed E-state index contributed by atoms with van der Waals surface area (Å²) >= 11 is 4.45. The first-order chi connectivity index (χ1) is 9.56. The van der Waals surface area contributed by atoms with E-state index >= 15 is 0 Å². The Bertz CT molecular complexity index is 454. The summed E-state index contributed by atoms with van der Waals surface area (Å²) in [5.74, 6) is 1.30. The van der Waals surface area contributed by atoms with E-state index in [9.17, 15) is 9.59 Å². The molecular formula is C10H17N5O2S3. The highest BCUT2D eigenvalue weighted by Crippen LogP contribution is 2.25. The number of nitrogens with zero attached hydrogens (tertiary/aromatic N) is 2. The predicted molar refractivity (Wildman–Crippen MR) is 84.4 cm³/mol. The highest BCUT2D eigenvalue weighted by molar-refractivity contribution is 8.01. The van der Waals surface area contributed by atoms with Crippen molar-refractivity contribution >= 4 is 51.9 Å². The molecule has 0 aliphatic rings. The van der Waals surface area contributed by atoms with Crippen LogP contribution in [0.1, 0.15) is 13.3 Å². The molecule has 1 aromatic rings. The fourth-order valence-corrected chi connectivity index (χ4v) is 3.43. The van der Waals surface area contributed by atoms with Crippen molar-refractivity contribution in [2.45, 2.75) is 23.7 Å². The lowest BCUT2D eigenvalue weighted by molar-refractivity contribution is -0.117. The van der Waals surface area contributed by atoms with Crippen LogP contribution in [0.5, 0.6) is 0 Å². The topological polar surface area (TPSA) is 110 Å². The Morgan fingerprint density at radius 1 is 1.45 bits per heavy atom. The van der Waals surface area contributed by atoms with Crippen molar-refractivity contribution in [3.63, 3.8) is 0 Å². The molecule has 0 bridgehead atoms. The van der Waals surface area contributed by atoms with Crippen LogP contribution in [0, 0.1) is 0 Å². The summed E-state index contributed by atoms with van der Waals surface area (Å²) in [6.45, 7) is 2.01. The van der Waals surface area contributed by atoms with Crippen molar-refractivity contribution in [2.75, 3.05) is 23.1 Å². The molecule has 112 valence electrons. The SMILES string of the molecule is CCSc1nnc(NC(=O)[C@H](CCSC)NC(N)=O)s1. The second-order valence-electron chi connectivity index (χ2n) is 3.64. The number of primary amides is 1. The third kappa shape index (κ3) is 5.97. The summed E-state index contributed by atoms with van der Waals surface area (Å²) in [5, 5.41) is 13.3. The number of hydrogen-bond acceptors (Lipinski definition) is 7. The predicted octanol–water partition coefficient (Wildman–Crippen LogP) is 1.38. The molecule has 0 saturated carbocycles. The number of hydrogen-bond donors (Lipinski definition) is 3. The maximum absolute atomic E-state index is 12.1. The van der Waals surface area contributed by atoms with Crippen molar-refractivity contribution in [3.05, 3.63) is 0 Å². The fourth-order valence-electron chi connectivity index (χ4n) is 1.31. The van der Waals surface area contributed by atoms with E-state index < -0.39 is 12.1 Å². The number of carbonyl (C=O) groups is 2. The van der Waals surface area contributed by atoms with Crippen molar-refractivity contribution in [1.29, 1.82) is 0 Å². The molecule has 1 rings (SSSR count). The van der Waals surface area contributed by atoms with Crippen LogP contribution >= 0.6 is 34.9 Å². The first kappa shape index (κ1) is 17.1. The van der Waals surface area contributed by atoms with Crippen molar-refractivity contribution in [1.82, 2.24) is 15.5 Å². The third-order valence-electron chi connectivity index (χ3n) is 2.15. The molecule has 1 atom stereocenters. The van der Waals surface area contributed by atoms with Crippen LogP contribution in [-0.2, 0) is 4.79 Å². The summed E-state index contributed by atoms with van der Waals surface area (Å²) in [6, 6.07) is -1.38. The molecule has 0 aliphatic heterocycles. The maximum atomic E-state index is 12.1. The van der Waals surface area contributed by atoms with E-state index in [1.54, 1.807) is 23.5 Å². The zero-order valence-electron chi connectivity index (χ0n) is 11.2. The van der Waals surface area contributed by atoms with Gasteiger partial charge >= 0.3 is 6.03 Å². The lowest BCUT2D eigenvalue weighted by atomic mass is 10.2. The second kappa shape index (κ2) is 9.03. The minimum Gasteiger partial charge on any atom is -0.352 e. The Morgan fingerprint density at radius 3 is 2.80 bits per heavy atom. The molecule has 0 unspecified atom stereocenters. The number of aromatic nitrogens is 2. The van der Waals surface area contributed by atoms with Gasteiger partial charge in [-0.25, -0.2) is 4.79 Å². The van der Waals surface area contributed by atoms with E-state index in [0.717, 1.165) is 15.8 Å². The highest BCUT2D eigenvalue weighted by Gasteiger charge is 2.20. The van der Waals surface area contributed by atoms with Crippen molar-refractivity contribution in [3.8, 4) is 0 Å². The number of anilines is 1. The molecule has 7 nitrogen and oxygen atoms in total. The van der Waals surface area contributed by atoms with Crippen LogP contribution in [-0.4, -0.2) is 45.9 Å². The number of amides is 3. The van der Waals surface area contributed by atoms with Crippen LogP contribution < -0.4 is 16.4 Å². The summed E-state index contributed by atoms with van der Waals surface area (Å²) in [5.41, 5.74) is 5.07. The van der Waals surface area contributed by atoms with Gasteiger partial charge in [0.05, 0.1) is 0 Å². The van der Waals surface area contributed by atoms with E-state index in [4.69, 9.17) is 5.73 Å². The van der Waals surface area contributed by atoms with Crippen molar-refractivity contribution < 1.29 is 9.59 Å². The van der Waals surface area contributed by atoms with E-state index in [2.05, 4.69) is 20.8 Å². The lowest BCUT2D eigenvalue weighted by Gasteiger charge is -2.15. The molecule has 10 heteroatoms. The van der Waals surface area contributed by atoms with Gasteiger partial charge < -0.3 is 11.1 Å². The molecule has 0 spiro atoms. The monoisotopic (exact) mass is 335 g/mol. The number of nitrogens with two attached hydrogens (primary N) is 1. The molecule has 0 aromatic carbocycles. The third-order valence-corrected chi connectivity index (χ3v) is 4.65. The average molecular weight is 335 g/mol. The van der Waals surface area contributed by atoms with Crippen molar-refractivity contribution in [2.24, 2.45) is 5.73 Å². The molecule has 0 saturated heterocycles. The Morgan fingerprint density at radius 2 is 2.20 bits per heavy atom. The van der Waals surface area contributed by atoms with Gasteiger partial charge in [0.1, 0.15) is 6.04 Å². The normalized spacial score (nSPS) is 11.9. The van der Waals surface area contributed by atoms with Gasteiger partial charge in [-0.05, 0) is 24.2 Å². The Balaban J connectivity index is 2.60. The summed E-state index contributed by atoms with van der Waals surface area (Å²) in [6.07, 6.45) is 2.43. The Hall–Kier alpha value is -1.00. The largest absolute Gasteiger partial charge is 0.352 e. The second-order valence-corrected chi connectivity index (χ2v) is 7.11. The number of carbonyl (C=O) groups excluding carboxylic acids is 2. The van der Waals surface area contributed by atoms with Gasteiger partial charge in [0.25, 0.3) is 0 Å². The number of rotatable bonds is 8. The number of nitrogens with one attached hydrogen (secondary N) is 2. The van der Waals surface area contributed by atoms with Crippen LogP contribution in [0.4, 0.5) is 9.93 Å². The van der Waals surface area contributed by atoms with E-state index in [-0.39, 0.29) is 5.91 Å². The summed E-state index contributed by atoms with van der Waals surface area (Å²) in [4.78, 5) is 23.0. The first-order valence-corrected chi connectivity index (χ1v) is 9.08. The van der Waals surface area contributed by atoms with E-state index in [0.29, 0.717) is 11.6 Å². The van der Waals surface area contributed by atoms with Gasteiger partial charge in [0, 0.05) is 0 Å². The van der Waals surface area contributed by atoms with Crippen LogP contribution in [0.3, 0.4) is 0 Å². The van der Waals surface area contributed by atoms with Crippen LogP contribution in [0.2, 0.25) is 0 Å². The smallest absolute Gasteiger partial charge is 0.312 e. The minimum absolute atomic E-state index is 0.331. The average Bonchev–Trinajstić information content (AvgIpc) is 2.81. The molecule has 4 N–H and O–H groups in total. The quantitative estimate of drug-likeness (QED) is 0.489. The minimum atomic E-state index is -0.717. The van der Waals surface area contributed by atoms with Gasteiger partial charge in [-0.2, -0.15) is 11.8 Å². The van der Waals surface area contributed by atoms with Gasteiger partial charge in [-0.3, -0.25) is 10.1 Å². The van der Waals surface area contributed by atoms with E-state index in [1.165, 1.54) is 11.3 Å². The van der Waals surface area contributed by atoms with Gasteiger partial charge in [0.15, 0.2) is 4.34 Å². The zero-order chi connectivity index (χ0) is 15.0. The molecule has 3 amide bonds. The van der Waals surface area contributed by atoms with Gasteiger partial charge in [0.2, 0.25) is 11.0 Å². The van der Waals surface area contributed by atoms with Gasteiger partial charge in [-0.1, -0.05) is 30.0 Å².